The Morgan fingerprint density at radius 2 is 1.96 bits per heavy atom. The summed E-state index contributed by atoms with van der Waals surface area (Å²) in [5.74, 6) is -3.36. The standard InChI is InChI=1S/C21H18F2N2O3/c1-11-6-15(22)20(16(23)7-11)14-10-24-21(27)13(14)8-12(26)9-19-25-17-4-2-3-5-18(17)28-19/h2-7,13-14H,8-10H2,1H3,(H,24,27)/t13-,14+/m0/s1. The lowest BCUT2D eigenvalue weighted by Crippen LogP contribution is -2.23. The van der Waals surface area contributed by atoms with E-state index in [2.05, 4.69) is 10.3 Å². The monoisotopic (exact) mass is 384 g/mol. The van der Waals surface area contributed by atoms with Crippen molar-refractivity contribution in [2.75, 3.05) is 6.54 Å². The number of aromatic nitrogens is 1. The van der Waals surface area contributed by atoms with Crippen LogP contribution in [0.2, 0.25) is 0 Å². The van der Waals surface area contributed by atoms with Crippen molar-refractivity contribution in [3.63, 3.8) is 0 Å². The largest absolute Gasteiger partial charge is 0.440 e. The molecule has 0 aliphatic carbocycles. The predicted octanol–water partition coefficient (Wildman–Crippen LogP) is 3.45. The molecule has 1 aliphatic rings. The van der Waals surface area contributed by atoms with Crippen LogP contribution in [-0.2, 0) is 16.0 Å². The molecule has 2 atom stereocenters. The highest BCUT2D eigenvalue weighted by atomic mass is 19.1. The zero-order valence-electron chi connectivity index (χ0n) is 15.2. The number of nitrogens with one attached hydrogen (secondary N) is 1. The zero-order chi connectivity index (χ0) is 19.8. The maximum absolute atomic E-state index is 14.4. The zero-order valence-corrected chi connectivity index (χ0v) is 15.2. The van der Waals surface area contributed by atoms with Gasteiger partial charge in [-0.2, -0.15) is 0 Å². The van der Waals surface area contributed by atoms with Crippen LogP contribution in [0.3, 0.4) is 0 Å². The quantitative estimate of drug-likeness (QED) is 0.731. The van der Waals surface area contributed by atoms with Gasteiger partial charge in [-0.25, -0.2) is 13.8 Å². The molecular formula is C21H18F2N2O3. The molecule has 7 heteroatoms. The van der Waals surface area contributed by atoms with E-state index in [1.54, 1.807) is 25.1 Å². The molecule has 1 saturated heterocycles. The number of rotatable bonds is 5. The molecule has 2 heterocycles. The third kappa shape index (κ3) is 3.40. The molecule has 0 spiro atoms. The summed E-state index contributed by atoms with van der Waals surface area (Å²) in [7, 11) is 0. The number of halogens is 2. The highest BCUT2D eigenvalue weighted by Crippen LogP contribution is 2.35. The lowest BCUT2D eigenvalue weighted by molar-refractivity contribution is -0.127. The third-order valence-corrected chi connectivity index (χ3v) is 5.05. The first-order chi connectivity index (χ1) is 13.4. The van der Waals surface area contributed by atoms with Gasteiger partial charge in [-0.3, -0.25) is 9.59 Å². The molecule has 5 nitrogen and oxygen atoms in total. The minimum atomic E-state index is -0.830. The second kappa shape index (κ2) is 7.14. The number of carbonyl (C=O) groups is 2. The summed E-state index contributed by atoms with van der Waals surface area (Å²) in [6, 6.07) is 9.61. The van der Waals surface area contributed by atoms with Gasteiger partial charge in [-0.1, -0.05) is 12.1 Å². The van der Waals surface area contributed by atoms with E-state index in [-0.39, 0.29) is 42.5 Å². The Morgan fingerprint density at radius 3 is 2.68 bits per heavy atom. The number of hydrogen-bond acceptors (Lipinski definition) is 4. The van der Waals surface area contributed by atoms with Crippen LogP contribution in [0.1, 0.15) is 29.4 Å². The van der Waals surface area contributed by atoms with Crippen molar-refractivity contribution in [2.45, 2.75) is 25.7 Å². The molecule has 0 unspecified atom stereocenters. The van der Waals surface area contributed by atoms with Gasteiger partial charge in [-0.05, 0) is 36.8 Å². The Labute approximate surface area is 159 Å². The molecule has 1 N–H and O–H groups in total. The molecule has 1 fully saturated rings. The second-order valence-corrected chi connectivity index (χ2v) is 7.10. The van der Waals surface area contributed by atoms with E-state index in [1.807, 2.05) is 6.07 Å². The van der Waals surface area contributed by atoms with E-state index in [1.165, 1.54) is 12.1 Å². The highest BCUT2D eigenvalue weighted by molar-refractivity contribution is 5.90. The minimum Gasteiger partial charge on any atom is -0.440 e. The number of fused-ring (bicyclic) bond motifs is 1. The number of ketones is 1. The van der Waals surface area contributed by atoms with E-state index >= 15 is 0 Å². The highest BCUT2D eigenvalue weighted by Gasteiger charge is 2.39. The molecule has 3 aromatic rings. The van der Waals surface area contributed by atoms with E-state index in [9.17, 15) is 18.4 Å². The molecule has 1 aliphatic heterocycles. The van der Waals surface area contributed by atoms with Crippen molar-refractivity contribution in [3.05, 3.63) is 65.1 Å². The smallest absolute Gasteiger partial charge is 0.224 e. The summed E-state index contributed by atoms with van der Waals surface area (Å²) in [5, 5.41) is 2.61. The van der Waals surface area contributed by atoms with Gasteiger partial charge < -0.3 is 9.73 Å². The van der Waals surface area contributed by atoms with Crippen LogP contribution in [0.25, 0.3) is 11.1 Å². The molecule has 28 heavy (non-hydrogen) atoms. The van der Waals surface area contributed by atoms with Crippen molar-refractivity contribution in [1.29, 1.82) is 0 Å². The SMILES string of the molecule is Cc1cc(F)c([C@@H]2CNC(=O)[C@H]2CC(=O)Cc2nc3ccccc3o2)c(F)c1. The number of nitrogens with zero attached hydrogens (tertiary/aromatic N) is 1. The summed E-state index contributed by atoms with van der Waals surface area (Å²) in [4.78, 5) is 29.0. The number of oxazole rings is 1. The van der Waals surface area contributed by atoms with Gasteiger partial charge in [0.05, 0.1) is 12.3 Å². The van der Waals surface area contributed by atoms with Crippen LogP contribution in [-0.4, -0.2) is 23.2 Å². The van der Waals surface area contributed by atoms with Gasteiger partial charge in [0.2, 0.25) is 11.8 Å². The number of aryl methyl sites for hydroxylation is 1. The van der Waals surface area contributed by atoms with Crippen LogP contribution in [0.4, 0.5) is 8.78 Å². The number of amides is 1. The first-order valence-electron chi connectivity index (χ1n) is 9.02. The number of Topliss-reactive ketones (excluding diaryl/α,β-unsaturated/α-hetero) is 1. The van der Waals surface area contributed by atoms with Crippen molar-refractivity contribution < 1.29 is 22.8 Å². The third-order valence-electron chi connectivity index (χ3n) is 5.05. The lowest BCUT2D eigenvalue weighted by Gasteiger charge is -2.18. The van der Waals surface area contributed by atoms with Gasteiger partial charge in [0.1, 0.15) is 22.9 Å². The van der Waals surface area contributed by atoms with Crippen molar-refractivity contribution in [2.24, 2.45) is 5.92 Å². The summed E-state index contributed by atoms with van der Waals surface area (Å²) < 4.78 is 34.3. The van der Waals surface area contributed by atoms with E-state index in [0.717, 1.165) is 0 Å². The van der Waals surface area contributed by atoms with Gasteiger partial charge in [0.25, 0.3) is 0 Å². The molecule has 1 aromatic heterocycles. The van der Waals surface area contributed by atoms with Gasteiger partial charge in [0, 0.05) is 24.4 Å². The van der Waals surface area contributed by atoms with E-state index in [0.29, 0.717) is 16.7 Å². The Morgan fingerprint density at radius 1 is 1.25 bits per heavy atom. The van der Waals surface area contributed by atoms with Crippen molar-refractivity contribution in [3.8, 4) is 0 Å². The first-order valence-corrected chi connectivity index (χ1v) is 9.02. The molecular weight excluding hydrogens is 366 g/mol. The summed E-state index contributed by atoms with van der Waals surface area (Å²) in [5.41, 5.74) is 1.53. The molecule has 2 aromatic carbocycles. The predicted molar refractivity (Wildman–Crippen MR) is 97.7 cm³/mol. The van der Waals surface area contributed by atoms with Gasteiger partial charge >= 0.3 is 0 Å². The maximum Gasteiger partial charge on any atom is 0.224 e. The molecule has 4 rings (SSSR count). The Bertz CT molecular complexity index is 1020. The van der Waals surface area contributed by atoms with Crippen LogP contribution < -0.4 is 5.32 Å². The first kappa shape index (κ1) is 18.3. The molecule has 0 bridgehead atoms. The molecule has 144 valence electrons. The fourth-order valence-electron chi connectivity index (χ4n) is 3.75. The Kier molecular flexibility index (Phi) is 4.66. The van der Waals surface area contributed by atoms with Gasteiger partial charge in [-0.15, -0.1) is 0 Å². The second-order valence-electron chi connectivity index (χ2n) is 7.10. The van der Waals surface area contributed by atoms with Crippen molar-refractivity contribution >= 4 is 22.8 Å². The number of para-hydroxylation sites is 2. The van der Waals surface area contributed by atoms with Gasteiger partial charge in [0.15, 0.2) is 5.58 Å². The molecule has 0 saturated carbocycles. The summed E-state index contributed by atoms with van der Waals surface area (Å²) >= 11 is 0. The average Bonchev–Trinajstić information content (AvgIpc) is 3.18. The average molecular weight is 384 g/mol. The fourth-order valence-corrected chi connectivity index (χ4v) is 3.75. The topological polar surface area (TPSA) is 72.2 Å². The normalized spacial score (nSPS) is 19.2. The van der Waals surface area contributed by atoms with Crippen LogP contribution in [0, 0.1) is 24.5 Å². The Balaban J connectivity index is 1.53. The van der Waals surface area contributed by atoms with Crippen molar-refractivity contribution in [1.82, 2.24) is 10.3 Å². The fraction of sp³-hybridized carbons (Fsp3) is 0.286. The van der Waals surface area contributed by atoms with Crippen LogP contribution in [0.15, 0.2) is 40.8 Å². The molecule has 1 amide bonds. The number of hydrogen-bond donors (Lipinski definition) is 1. The van der Waals surface area contributed by atoms with E-state index < -0.39 is 23.5 Å². The van der Waals surface area contributed by atoms with E-state index in [4.69, 9.17) is 4.42 Å². The minimum absolute atomic E-state index is 0.0793. The maximum atomic E-state index is 14.4. The summed E-state index contributed by atoms with van der Waals surface area (Å²) in [6.07, 6.45) is -0.216. The Hall–Kier alpha value is -3.09. The number of benzene rings is 2. The molecule has 0 radical (unpaired) electrons. The summed E-state index contributed by atoms with van der Waals surface area (Å²) in [6.45, 7) is 1.69. The van der Waals surface area contributed by atoms with Crippen LogP contribution in [0.5, 0.6) is 0 Å². The lowest BCUT2D eigenvalue weighted by atomic mass is 9.84. The number of carbonyl (C=O) groups excluding carboxylic acids is 2. The van der Waals surface area contributed by atoms with Crippen LogP contribution >= 0.6 is 0 Å².